The van der Waals surface area contributed by atoms with Crippen molar-refractivity contribution in [2.45, 2.75) is 20.8 Å². The van der Waals surface area contributed by atoms with E-state index in [4.69, 9.17) is 0 Å². The highest BCUT2D eigenvalue weighted by Gasteiger charge is 2.22. The predicted octanol–water partition coefficient (Wildman–Crippen LogP) is 3.31. The topological polar surface area (TPSA) is 49.3 Å². The van der Waals surface area contributed by atoms with E-state index in [0.29, 0.717) is 37.7 Å². The minimum Gasteiger partial charge on any atom is -0.337 e. The maximum Gasteiger partial charge on any atom is 0.246 e. The summed E-state index contributed by atoms with van der Waals surface area (Å²) in [5.41, 5.74) is 2.41. The van der Waals surface area contributed by atoms with Crippen molar-refractivity contribution in [2.75, 3.05) is 31.1 Å². The molecule has 0 unspecified atom stereocenters. The summed E-state index contributed by atoms with van der Waals surface area (Å²) in [6.07, 6.45) is 5.15. The highest BCUT2D eigenvalue weighted by atomic mass is 19.1. The highest BCUT2D eigenvalue weighted by molar-refractivity contribution is 5.95. The van der Waals surface area contributed by atoms with Crippen molar-refractivity contribution in [3.8, 4) is 0 Å². The van der Waals surface area contributed by atoms with E-state index in [0.717, 1.165) is 11.1 Å². The van der Waals surface area contributed by atoms with Gasteiger partial charge in [-0.15, -0.1) is 0 Å². The van der Waals surface area contributed by atoms with Crippen LogP contribution in [0, 0.1) is 18.7 Å². The molecule has 1 aliphatic rings. The Bertz CT molecular complexity index is 827. The van der Waals surface area contributed by atoms with Gasteiger partial charge in [-0.1, -0.05) is 19.9 Å². The summed E-state index contributed by atoms with van der Waals surface area (Å²) in [6, 6.07) is 6.80. The zero-order valence-corrected chi connectivity index (χ0v) is 16.0. The Balaban J connectivity index is 1.71. The Hall–Kier alpha value is -2.76. The van der Waals surface area contributed by atoms with E-state index in [1.54, 1.807) is 43.6 Å². The minimum atomic E-state index is -0.229. The van der Waals surface area contributed by atoms with E-state index >= 15 is 0 Å². The van der Waals surface area contributed by atoms with E-state index in [1.165, 1.54) is 6.07 Å². The van der Waals surface area contributed by atoms with Gasteiger partial charge in [0, 0.05) is 44.6 Å². The van der Waals surface area contributed by atoms with Crippen molar-refractivity contribution in [3.05, 3.63) is 59.7 Å². The number of hydrogen-bond donors (Lipinski definition) is 0. The molecule has 0 aliphatic carbocycles. The molecule has 6 heteroatoms. The van der Waals surface area contributed by atoms with Crippen molar-refractivity contribution in [2.24, 2.45) is 5.92 Å². The Labute approximate surface area is 159 Å². The molecule has 142 valence electrons. The first-order chi connectivity index (χ1) is 13.0. The van der Waals surface area contributed by atoms with Crippen LogP contribution < -0.4 is 4.90 Å². The van der Waals surface area contributed by atoms with Gasteiger partial charge in [0.05, 0.1) is 0 Å². The fourth-order valence-electron chi connectivity index (χ4n) is 3.21. The first-order valence-corrected chi connectivity index (χ1v) is 9.24. The molecule has 0 N–H and O–H groups in total. The summed E-state index contributed by atoms with van der Waals surface area (Å²) in [5, 5.41) is 0. The van der Waals surface area contributed by atoms with Crippen molar-refractivity contribution < 1.29 is 9.18 Å². The zero-order valence-electron chi connectivity index (χ0n) is 16.0. The Kier molecular flexibility index (Phi) is 5.84. The van der Waals surface area contributed by atoms with E-state index in [2.05, 4.69) is 14.9 Å². The lowest BCUT2D eigenvalue weighted by atomic mass is 9.93. The number of hydrogen-bond acceptors (Lipinski definition) is 4. The van der Waals surface area contributed by atoms with Gasteiger partial charge in [-0.3, -0.25) is 4.79 Å². The standard InChI is InChI=1S/C21H25FN4O/c1-15(2)18(17-5-6-19(22)16(3)13-17)14-20(27)25-9-11-26(12-10-25)21-23-7-4-8-24-21/h4-8,13-15H,9-12H2,1-3H3/b18-14+. The van der Waals surface area contributed by atoms with Crippen molar-refractivity contribution in [1.82, 2.24) is 14.9 Å². The number of aromatic nitrogens is 2. The molecule has 2 aromatic rings. The number of aryl methyl sites for hydroxylation is 1. The Morgan fingerprint density at radius 2 is 1.81 bits per heavy atom. The van der Waals surface area contributed by atoms with Gasteiger partial charge in [-0.25, -0.2) is 14.4 Å². The molecule has 27 heavy (non-hydrogen) atoms. The molecule has 1 aliphatic heterocycles. The van der Waals surface area contributed by atoms with Crippen LogP contribution in [0.5, 0.6) is 0 Å². The summed E-state index contributed by atoms with van der Waals surface area (Å²) in [4.78, 5) is 25.3. The fraction of sp³-hybridized carbons (Fsp3) is 0.381. The third-order valence-corrected chi connectivity index (χ3v) is 4.82. The van der Waals surface area contributed by atoms with Gasteiger partial charge in [-0.05, 0) is 47.7 Å². The maximum atomic E-state index is 13.6. The predicted molar refractivity (Wildman–Crippen MR) is 105 cm³/mol. The molecule has 0 atom stereocenters. The summed E-state index contributed by atoms with van der Waals surface area (Å²) in [5.74, 6) is 0.629. The molecular weight excluding hydrogens is 343 g/mol. The number of carbonyl (C=O) groups excluding carboxylic acids is 1. The van der Waals surface area contributed by atoms with Crippen LogP contribution in [0.3, 0.4) is 0 Å². The molecule has 2 heterocycles. The summed E-state index contributed by atoms with van der Waals surface area (Å²) >= 11 is 0. The van der Waals surface area contributed by atoms with Crippen LogP contribution in [-0.2, 0) is 4.79 Å². The number of piperazine rings is 1. The van der Waals surface area contributed by atoms with Crippen LogP contribution in [0.15, 0.2) is 42.7 Å². The minimum absolute atomic E-state index is 0.00527. The van der Waals surface area contributed by atoms with E-state index in [-0.39, 0.29) is 17.6 Å². The molecule has 0 bridgehead atoms. The number of halogens is 1. The average Bonchev–Trinajstić information content (AvgIpc) is 2.69. The fourth-order valence-corrected chi connectivity index (χ4v) is 3.21. The summed E-state index contributed by atoms with van der Waals surface area (Å²) < 4.78 is 13.6. The van der Waals surface area contributed by atoms with Crippen molar-refractivity contribution >= 4 is 17.4 Å². The number of rotatable bonds is 4. The lowest BCUT2D eigenvalue weighted by Crippen LogP contribution is -2.48. The molecule has 3 rings (SSSR count). The second-order valence-corrected chi connectivity index (χ2v) is 7.08. The second kappa shape index (κ2) is 8.29. The van der Waals surface area contributed by atoms with E-state index in [1.807, 2.05) is 18.7 Å². The lowest BCUT2D eigenvalue weighted by molar-refractivity contribution is -0.126. The average molecular weight is 368 g/mol. The molecule has 0 saturated carbocycles. The third-order valence-electron chi connectivity index (χ3n) is 4.82. The van der Waals surface area contributed by atoms with Crippen LogP contribution in [-0.4, -0.2) is 47.0 Å². The molecular formula is C21H25FN4O. The van der Waals surface area contributed by atoms with E-state index < -0.39 is 0 Å². The van der Waals surface area contributed by atoms with Gasteiger partial charge in [0.15, 0.2) is 0 Å². The largest absolute Gasteiger partial charge is 0.337 e. The first kappa shape index (κ1) is 19.0. The number of carbonyl (C=O) groups is 1. The summed E-state index contributed by atoms with van der Waals surface area (Å²) in [6.45, 7) is 8.49. The third kappa shape index (κ3) is 4.51. The molecule has 0 spiro atoms. The molecule has 1 saturated heterocycles. The van der Waals surface area contributed by atoms with Gasteiger partial charge in [0.25, 0.3) is 0 Å². The molecule has 1 aromatic carbocycles. The van der Waals surface area contributed by atoms with Crippen LogP contribution in [0.2, 0.25) is 0 Å². The van der Waals surface area contributed by atoms with E-state index in [9.17, 15) is 9.18 Å². The maximum absolute atomic E-state index is 13.6. The van der Waals surface area contributed by atoms with Gasteiger partial charge in [-0.2, -0.15) is 0 Å². The smallest absolute Gasteiger partial charge is 0.246 e. The number of nitrogens with zero attached hydrogens (tertiary/aromatic N) is 4. The van der Waals surface area contributed by atoms with Crippen LogP contribution in [0.25, 0.3) is 5.57 Å². The number of benzene rings is 1. The normalized spacial score (nSPS) is 15.4. The van der Waals surface area contributed by atoms with Gasteiger partial charge < -0.3 is 9.80 Å². The highest BCUT2D eigenvalue weighted by Crippen LogP contribution is 2.25. The summed E-state index contributed by atoms with van der Waals surface area (Å²) in [7, 11) is 0. The lowest BCUT2D eigenvalue weighted by Gasteiger charge is -2.34. The van der Waals surface area contributed by atoms with Gasteiger partial charge in [0.1, 0.15) is 5.82 Å². The zero-order chi connectivity index (χ0) is 19.4. The van der Waals surface area contributed by atoms with Crippen LogP contribution in [0.4, 0.5) is 10.3 Å². The molecule has 5 nitrogen and oxygen atoms in total. The van der Waals surface area contributed by atoms with Crippen molar-refractivity contribution in [1.29, 1.82) is 0 Å². The van der Waals surface area contributed by atoms with Crippen molar-refractivity contribution in [3.63, 3.8) is 0 Å². The number of amides is 1. The Morgan fingerprint density at radius 3 is 2.41 bits per heavy atom. The van der Waals surface area contributed by atoms with Crippen LogP contribution >= 0.6 is 0 Å². The Morgan fingerprint density at radius 1 is 1.15 bits per heavy atom. The van der Waals surface area contributed by atoms with Gasteiger partial charge in [0.2, 0.25) is 11.9 Å². The first-order valence-electron chi connectivity index (χ1n) is 9.24. The molecule has 1 amide bonds. The molecule has 1 fully saturated rings. The second-order valence-electron chi connectivity index (χ2n) is 7.08. The molecule has 1 aromatic heterocycles. The SMILES string of the molecule is Cc1cc(/C(=C/C(=O)N2CCN(c3ncccn3)CC2)C(C)C)ccc1F. The number of anilines is 1. The van der Waals surface area contributed by atoms with Gasteiger partial charge >= 0.3 is 0 Å². The monoisotopic (exact) mass is 368 g/mol. The number of allylic oxidation sites excluding steroid dienone is 1. The quantitative estimate of drug-likeness (QED) is 0.777. The molecule has 0 radical (unpaired) electrons. The van der Waals surface area contributed by atoms with Crippen LogP contribution in [0.1, 0.15) is 25.0 Å².